The number of aryl methyl sites for hydroxylation is 1. The number of hydrogen-bond acceptors (Lipinski definition) is 3. The van der Waals surface area contributed by atoms with Gasteiger partial charge in [-0.3, -0.25) is 4.90 Å². The van der Waals surface area contributed by atoms with Gasteiger partial charge in [-0.25, -0.2) is 0 Å². The van der Waals surface area contributed by atoms with E-state index in [0.29, 0.717) is 12.1 Å². The molecule has 1 aromatic heterocycles. The summed E-state index contributed by atoms with van der Waals surface area (Å²) in [6, 6.07) is 3.46. The van der Waals surface area contributed by atoms with Gasteiger partial charge in [-0.15, -0.1) is 0 Å². The van der Waals surface area contributed by atoms with E-state index < -0.39 is 0 Å². The number of likely N-dealkylation sites (tertiary alicyclic amines) is 1. The van der Waals surface area contributed by atoms with Crippen LogP contribution in [0.2, 0.25) is 0 Å². The standard InChI is InChI=1S/C14H22N2O/c1-15-11-4-3-8-16(10-11)13-5-2-6-14-12(13)7-9-17-14/h7,9,11,13,15H,2-6,8,10H2,1H3. The fourth-order valence-electron chi connectivity index (χ4n) is 3.37. The molecule has 3 heteroatoms. The van der Waals surface area contributed by atoms with Crippen molar-refractivity contribution in [1.29, 1.82) is 0 Å². The van der Waals surface area contributed by atoms with Crippen molar-refractivity contribution in [2.45, 2.75) is 44.2 Å². The Morgan fingerprint density at radius 2 is 2.29 bits per heavy atom. The summed E-state index contributed by atoms with van der Waals surface area (Å²) in [5, 5.41) is 3.43. The van der Waals surface area contributed by atoms with Crippen LogP contribution in [0, 0.1) is 0 Å². The summed E-state index contributed by atoms with van der Waals surface area (Å²) in [6.07, 6.45) is 8.19. The van der Waals surface area contributed by atoms with Gasteiger partial charge in [0, 0.05) is 30.6 Å². The first-order valence-electron chi connectivity index (χ1n) is 6.86. The molecular formula is C14H22N2O. The Morgan fingerprint density at radius 3 is 3.18 bits per heavy atom. The smallest absolute Gasteiger partial charge is 0.108 e. The summed E-state index contributed by atoms with van der Waals surface area (Å²) in [4.78, 5) is 2.65. The maximum Gasteiger partial charge on any atom is 0.108 e. The van der Waals surface area contributed by atoms with Gasteiger partial charge in [0.15, 0.2) is 0 Å². The minimum absolute atomic E-state index is 0.605. The average molecular weight is 234 g/mol. The zero-order valence-electron chi connectivity index (χ0n) is 10.6. The van der Waals surface area contributed by atoms with Gasteiger partial charge in [0.2, 0.25) is 0 Å². The number of nitrogens with one attached hydrogen (secondary N) is 1. The average Bonchev–Trinajstić information content (AvgIpc) is 2.87. The van der Waals surface area contributed by atoms with E-state index in [1.165, 1.54) is 50.1 Å². The first-order valence-corrected chi connectivity index (χ1v) is 6.86. The first kappa shape index (κ1) is 11.3. The molecule has 1 fully saturated rings. The van der Waals surface area contributed by atoms with E-state index in [0.717, 1.165) is 6.42 Å². The minimum Gasteiger partial charge on any atom is -0.469 e. The molecule has 2 heterocycles. The maximum atomic E-state index is 5.59. The van der Waals surface area contributed by atoms with Gasteiger partial charge < -0.3 is 9.73 Å². The van der Waals surface area contributed by atoms with E-state index in [4.69, 9.17) is 4.42 Å². The van der Waals surface area contributed by atoms with Gasteiger partial charge in [-0.05, 0) is 45.3 Å². The molecule has 0 bridgehead atoms. The van der Waals surface area contributed by atoms with Crippen LogP contribution in [0.5, 0.6) is 0 Å². The summed E-state index contributed by atoms with van der Waals surface area (Å²) in [5.41, 5.74) is 1.45. The van der Waals surface area contributed by atoms with Gasteiger partial charge in [0.05, 0.1) is 6.26 Å². The Bertz CT molecular complexity index is 374. The highest BCUT2D eigenvalue weighted by atomic mass is 16.3. The van der Waals surface area contributed by atoms with Crippen molar-refractivity contribution in [2.75, 3.05) is 20.1 Å². The molecule has 1 saturated heterocycles. The van der Waals surface area contributed by atoms with Gasteiger partial charge in [0.1, 0.15) is 5.76 Å². The lowest BCUT2D eigenvalue weighted by Crippen LogP contribution is -2.46. The molecule has 2 unspecified atom stereocenters. The van der Waals surface area contributed by atoms with E-state index in [9.17, 15) is 0 Å². The van der Waals surface area contributed by atoms with Crippen molar-refractivity contribution in [2.24, 2.45) is 0 Å². The zero-order chi connectivity index (χ0) is 11.7. The molecule has 0 amide bonds. The lowest BCUT2D eigenvalue weighted by molar-refractivity contribution is 0.125. The molecule has 1 N–H and O–H groups in total. The van der Waals surface area contributed by atoms with Crippen LogP contribution in [0.4, 0.5) is 0 Å². The van der Waals surface area contributed by atoms with E-state index in [1.807, 2.05) is 6.26 Å². The molecule has 94 valence electrons. The predicted octanol–water partition coefficient (Wildman–Crippen LogP) is 2.34. The minimum atomic E-state index is 0.605. The summed E-state index contributed by atoms with van der Waals surface area (Å²) >= 11 is 0. The van der Waals surface area contributed by atoms with Crippen LogP contribution in [0.15, 0.2) is 16.7 Å². The first-order chi connectivity index (χ1) is 8.38. The van der Waals surface area contributed by atoms with Crippen molar-refractivity contribution in [3.05, 3.63) is 23.7 Å². The molecule has 1 aliphatic heterocycles. The monoisotopic (exact) mass is 234 g/mol. The summed E-state index contributed by atoms with van der Waals surface area (Å²) in [7, 11) is 2.08. The molecule has 0 spiro atoms. The van der Waals surface area contributed by atoms with Gasteiger partial charge >= 0.3 is 0 Å². The molecule has 0 saturated carbocycles. The van der Waals surface area contributed by atoms with Crippen molar-refractivity contribution >= 4 is 0 Å². The third kappa shape index (κ3) is 2.14. The molecule has 2 atom stereocenters. The SMILES string of the molecule is CNC1CCCN(C2CCCc3occc32)C1. The van der Waals surface area contributed by atoms with Gasteiger partial charge in [-0.2, -0.15) is 0 Å². The molecular weight excluding hydrogens is 212 g/mol. The second-order valence-corrected chi connectivity index (χ2v) is 5.33. The van der Waals surface area contributed by atoms with E-state index >= 15 is 0 Å². The second kappa shape index (κ2) is 4.83. The van der Waals surface area contributed by atoms with E-state index in [-0.39, 0.29) is 0 Å². The van der Waals surface area contributed by atoms with Crippen molar-refractivity contribution in [3.8, 4) is 0 Å². The van der Waals surface area contributed by atoms with Crippen molar-refractivity contribution in [3.63, 3.8) is 0 Å². The highest BCUT2D eigenvalue weighted by Crippen LogP contribution is 2.36. The third-order valence-electron chi connectivity index (χ3n) is 4.32. The Morgan fingerprint density at radius 1 is 1.35 bits per heavy atom. The van der Waals surface area contributed by atoms with Crippen LogP contribution in [0.3, 0.4) is 0 Å². The highest BCUT2D eigenvalue weighted by Gasteiger charge is 2.30. The molecule has 3 rings (SSSR count). The highest BCUT2D eigenvalue weighted by molar-refractivity contribution is 5.24. The maximum absolute atomic E-state index is 5.59. The molecule has 3 nitrogen and oxygen atoms in total. The van der Waals surface area contributed by atoms with Gasteiger partial charge in [0.25, 0.3) is 0 Å². The van der Waals surface area contributed by atoms with Crippen LogP contribution in [0.25, 0.3) is 0 Å². The fraction of sp³-hybridized carbons (Fsp3) is 0.714. The Balaban J connectivity index is 1.77. The molecule has 2 aliphatic rings. The molecule has 1 aliphatic carbocycles. The number of piperidine rings is 1. The lowest BCUT2D eigenvalue weighted by Gasteiger charge is -2.39. The van der Waals surface area contributed by atoms with Gasteiger partial charge in [-0.1, -0.05) is 0 Å². The van der Waals surface area contributed by atoms with Crippen LogP contribution in [-0.4, -0.2) is 31.1 Å². The summed E-state index contributed by atoms with van der Waals surface area (Å²) in [5.74, 6) is 1.23. The number of nitrogens with zero attached hydrogens (tertiary/aromatic N) is 1. The normalized spacial score (nSPS) is 30.2. The number of fused-ring (bicyclic) bond motifs is 1. The van der Waals surface area contributed by atoms with Crippen LogP contribution >= 0.6 is 0 Å². The Kier molecular flexibility index (Phi) is 3.21. The number of furan rings is 1. The van der Waals surface area contributed by atoms with E-state index in [2.05, 4.69) is 23.3 Å². The Hall–Kier alpha value is -0.800. The number of rotatable bonds is 2. The largest absolute Gasteiger partial charge is 0.469 e. The topological polar surface area (TPSA) is 28.4 Å². The van der Waals surface area contributed by atoms with Crippen molar-refractivity contribution in [1.82, 2.24) is 10.2 Å². The van der Waals surface area contributed by atoms with Crippen LogP contribution in [0.1, 0.15) is 43.0 Å². The lowest BCUT2D eigenvalue weighted by atomic mass is 9.90. The number of hydrogen-bond donors (Lipinski definition) is 1. The number of likely N-dealkylation sites (N-methyl/N-ethyl adjacent to an activating group) is 1. The third-order valence-corrected chi connectivity index (χ3v) is 4.32. The molecule has 1 aromatic rings. The Labute approximate surface area is 103 Å². The zero-order valence-corrected chi connectivity index (χ0v) is 10.6. The quantitative estimate of drug-likeness (QED) is 0.851. The second-order valence-electron chi connectivity index (χ2n) is 5.33. The molecule has 17 heavy (non-hydrogen) atoms. The van der Waals surface area contributed by atoms with Crippen molar-refractivity contribution < 1.29 is 4.42 Å². The summed E-state index contributed by atoms with van der Waals surface area (Å²) in [6.45, 7) is 2.43. The van der Waals surface area contributed by atoms with E-state index in [1.54, 1.807) is 0 Å². The predicted molar refractivity (Wildman–Crippen MR) is 68.0 cm³/mol. The molecule has 0 radical (unpaired) electrons. The van der Waals surface area contributed by atoms with Crippen LogP contribution in [-0.2, 0) is 6.42 Å². The fourth-order valence-corrected chi connectivity index (χ4v) is 3.37. The molecule has 0 aromatic carbocycles. The van der Waals surface area contributed by atoms with Crippen LogP contribution < -0.4 is 5.32 Å². The summed E-state index contributed by atoms with van der Waals surface area (Å²) < 4.78 is 5.59.